The third-order valence-corrected chi connectivity index (χ3v) is 4.45. The number of nitrogens with zero attached hydrogens (tertiary/aromatic N) is 5. The number of likely N-dealkylation sites (N-methyl/N-ethyl adjacent to an activating group) is 2. The molecule has 3 rings (SSSR count). The summed E-state index contributed by atoms with van der Waals surface area (Å²) < 4.78 is 4.41. The van der Waals surface area contributed by atoms with Gasteiger partial charge in [-0.25, -0.2) is 19.3 Å². The number of hydrogen-bond donors (Lipinski definition) is 1. The van der Waals surface area contributed by atoms with Gasteiger partial charge in [0.15, 0.2) is 0 Å². The first-order valence-corrected chi connectivity index (χ1v) is 8.31. The molecule has 1 saturated heterocycles. The van der Waals surface area contributed by atoms with E-state index in [4.69, 9.17) is 0 Å². The maximum atomic E-state index is 12.6. The molecule has 1 aromatic carbocycles. The van der Waals surface area contributed by atoms with Crippen LogP contribution in [0.5, 0.6) is 5.75 Å². The maximum absolute atomic E-state index is 12.6. The predicted octanol–water partition coefficient (Wildman–Crippen LogP) is -0.710. The van der Waals surface area contributed by atoms with Gasteiger partial charge in [0.1, 0.15) is 0 Å². The molecule has 2 heterocycles. The van der Waals surface area contributed by atoms with Gasteiger partial charge < -0.3 is 5.11 Å². The van der Waals surface area contributed by atoms with Crippen LogP contribution in [-0.2, 0) is 4.79 Å². The Hall–Kier alpha value is -3.58. The van der Waals surface area contributed by atoms with Gasteiger partial charge in [0.05, 0.1) is 19.3 Å². The van der Waals surface area contributed by atoms with E-state index >= 15 is 0 Å². The van der Waals surface area contributed by atoms with Gasteiger partial charge >= 0.3 is 17.8 Å². The molecule has 27 heavy (non-hydrogen) atoms. The summed E-state index contributed by atoms with van der Waals surface area (Å²) in [6.07, 6.45) is 1.65. The molecule has 1 atom stereocenters. The van der Waals surface area contributed by atoms with Crippen molar-refractivity contribution in [3.05, 3.63) is 42.5 Å². The van der Waals surface area contributed by atoms with E-state index in [2.05, 4.69) is 21.8 Å². The standard InChI is InChI=1S/C18H20N6O3/c1-5-10-24-14-15(22(3)18(27)23(4)16(14)26)19-17(24)21-20-11(2)12-6-8-13(25)9-7-12/h5-9,14H,1,10H2,2-4H3,(H,20,25). The van der Waals surface area contributed by atoms with Crippen molar-refractivity contribution in [3.8, 4) is 5.75 Å². The Morgan fingerprint density at radius 2 is 1.96 bits per heavy atom. The van der Waals surface area contributed by atoms with Crippen LogP contribution in [0, 0.1) is 0 Å². The fourth-order valence-electron chi connectivity index (χ4n) is 2.91. The van der Waals surface area contributed by atoms with E-state index in [1.807, 2.05) is 0 Å². The van der Waals surface area contributed by atoms with Crippen molar-refractivity contribution < 1.29 is 14.7 Å². The van der Waals surface area contributed by atoms with Gasteiger partial charge in [-0.2, -0.15) is 5.43 Å². The van der Waals surface area contributed by atoms with Crippen molar-refractivity contribution >= 4 is 29.4 Å². The highest BCUT2D eigenvalue weighted by molar-refractivity contribution is 6.23. The Morgan fingerprint density at radius 3 is 2.59 bits per heavy atom. The van der Waals surface area contributed by atoms with Crippen LogP contribution in [0.1, 0.15) is 12.5 Å². The molecular weight excluding hydrogens is 348 g/mol. The molecule has 1 N–H and O–H groups in total. The molecule has 9 nitrogen and oxygen atoms in total. The smallest absolute Gasteiger partial charge is 0.421 e. The number of guanidine groups is 1. The fraction of sp³-hybridized carbons (Fsp3) is 0.278. The number of imide groups is 1. The number of urea groups is 1. The van der Waals surface area contributed by atoms with Crippen LogP contribution in [0.15, 0.2) is 42.0 Å². The second-order valence-electron chi connectivity index (χ2n) is 6.21. The van der Waals surface area contributed by atoms with Crippen LogP contribution in [0.3, 0.4) is 0 Å². The van der Waals surface area contributed by atoms with Crippen molar-refractivity contribution in [1.82, 2.24) is 24.8 Å². The Labute approximate surface area is 156 Å². The topological polar surface area (TPSA) is 105 Å². The average molecular weight is 368 g/mol. The number of hydrazone groups is 1. The zero-order valence-corrected chi connectivity index (χ0v) is 15.3. The number of carbonyl (C=O) groups excluding carboxylic acids is 2. The van der Waals surface area contributed by atoms with Crippen molar-refractivity contribution in [2.75, 3.05) is 20.6 Å². The fourth-order valence-corrected chi connectivity index (χ4v) is 2.91. The van der Waals surface area contributed by atoms with E-state index in [9.17, 15) is 14.7 Å². The van der Waals surface area contributed by atoms with E-state index in [0.717, 1.165) is 10.5 Å². The SMILES string of the molecule is C=CCN1C(N/N=C(\C)c2ccc([O-])cc2)=[N+]=C2C1C(=O)N(C)C(=O)N2C. The summed E-state index contributed by atoms with van der Waals surface area (Å²) in [6.45, 7) is 5.86. The van der Waals surface area contributed by atoms with Gasteiger partial charge in [-0.15, -0.1) is 17.4 Å². The first-order chi connectivity index (χ1) is 12.8. The highest BCUT2D eigenvalue weighted by Crippen LogP contribution is 2.17. The molecule has 1 unspecified atom stereocenters. The molecule has 9 heteroatoms. The number of rotatable bonds is 4. The minimum Gasteiger partial charge on any atom is -0.872 e. The molecule has 0 saturated carbocycles. The van der Waals surface area contributed by atoms with E-state index in [1.165, 1.54) is 24.1 Å². The second kappa shape index (κ2) is 6.97. The molecule has 0 bridgehead atoms. The Morgan fingerprint density at radius 1 is 1.30 bits per heavy atom. The molecule has 1 fully saturated rings. The van der Waals surface area contributed by atoms with E-state index in [-0.39, 0.29) is 11.7 Å². The lowest BCUT2D eigenvalue weighted by atomic mass is 10.1. The molecular formula is C18H20N6O3. The highest BCUT2D eigenvalue weighted by atomic mass is 16.3. The lowest BCUT2D eigenvalue weighted by molar-refractivity contribution is -0.268. The Kier molecular flexibility index (Phi) is 4.70. The number of nitrogens with one attached hydrogen (secondary N) is 1. The van der Waals surface area contributed by atoms with E-state index in [1.54, 1.807) is 37.1 Å². The van der Waals surface area contributed by atoms with Crippen molar-refractivity contribution in [3.63, 3.8) is 0 Å². The molecule has 2 aliphatic rings. The summed E-state index contributed by atoms with van der Waals surface area (Å²) in [5, 5.41) is 15.5. The van der Waals surface area contributed by atoms with Crippen LogP contribution in [0.25, 0.3) is 0 Å². The zero-order valence-electron chi connectivity index (χ0n) is 15.3. The lowest BCUT2D eigenvalue weighted by Crippen LogP contribution is -2.64. The van der Waals surface area contributed by atoms with Gasteiger partial charge in [0.2, 0.25) is 6.04 Å². The van der Waals surface area contributed by atoms with Gasteiger partial charge in [-0.05, 0) is 12.5 Å². The number of hydrogen-bond acceptors (Lipinski definition) is 6. The van der Waals surface area contributed by atoms with E-state index in [0.29, 0.717) is 24.1 Å². The summed E-state index contributed by atoms with van der Waals surface area (Å²) in [5.74, 6) is 0.254. The number of carbonyl (C=O) groups is 2. The molecule has 140 valence electrons. The van der Waals surface area contributed by atoms with Gasteiger partial charge in [-0.1, -0.05) is 30.3 Å². The molecule has 0 spiro atoms. The van der Waals surface area contributed by atoms with Crippen LogP contribution in [0.2, 0.25) is 0 Å². The summed E-state index contributed by atoms with van der Waals surface area (Å²) in [6, 6.07) is 5.14. The second-order valence-corrected chi connectivity index (χ2v) is 6.21. The van der Waals surface area contributed by atoms with Crippen molar-refractivity contribution in [1.29, 1.82) is 0 Å². The Balaban J connectivity index is 1.91. The van der Waals surface area contributed by atoms with Gasteiger partial charge in [0, 0.05) is 7.05 Å². The maximum Gasteiger partial charge on any atom is 0.421 e. The molecule has 0 radical (unpaired) electrons. The van der Waals surface area contributed by atoms with Crippen molar-refractivity contribution in [2.45, 2.75) is 13.0 Å². The quantitative estimate of drug-likeness (QED) is 0.327. The molecule has 0 aromatic heterocycles. The largest absolute Gasteiger partial charge is 0.872 e. The van der Waals surface area contributed by atoms with Crippen LogP contribution in [0.4, 0.5) is 4.79 Å². The molecule has 1 aromatic rings. The number of amides is 3. The van der Waals surface area contributed by atoms with Crippen LogP contribution < -0.4 is 15.2 Å². The van der Waals surface area contributed by atoms with E-state index < -0.39 is 12.1 Å². The van der Waals surface area contributed by atoms with Crippen LogP contribution in [-0.4, -0.2) is 70.8 Å². The normalized spacial score (nSPS) is 19.7. The lowest BCUT2D eigenvalue weighted by Gasteiger charge is -2.31. The monoisotopic (exact) mass is 368 g/mol. The zero-order chi connectivity index (χ0) is 19.7. The number of benzene rings is 1. The summed E-state index contributed by atoms with van der Waals surface area (Å²) in [4.78, 5) is 28.9. The number of amidine groups is 1. The predicted molar refractivity (Wildman–Crippen MR) is 100 cm³/mol. The first kappa shape index (κ1) is 18.2. The molecule has 0 aliphatic carbocycles. The van der Waals surface area contributed by atoms with Crippen molar-refractivity contribution in [2.24, 2.45) is 5.10 Å². The summed E-state index contributed by atoms with van der Waals surface area (Å²) >= 11 is 0. The molecule has 3 amide bonds. The summed E-state index contributed by atoms with van der Waals surface area (Å²) in [5.41, 5.74) is 4.29. The number of fused-ring (bicyclic) bond motifs is 1. The highest BCUT2D eigenvalue weighted by Gasteiger charge is 2.54. The third kappa shape index (κ3) is 3.16. The van der Waals surface area contributed by atoms with Crippen LogP contribution >= 0.6 is 0 Å². The summed E-state index contributed by atoms with van der Waals surface area (Å²) in [7, 11) is 3.02. The Bertz CT molecular complexity index is 898. The minimum atomic E-state index is -0.714. The molecule has 2 aliphatic heterocycles. The first-order valence-electron chi connectivity index (χ1n) is 8.31. The minimum absolute atomic E-state index is 0.0763. The van der Waals surface area contributed by atoms with Gasteiger partial charge in [-0.3, -0.25) is 9.69 Å². The van der Waals surface area contributed by atoms with Gasteiger partial charge in [0.25, 0.3) is 5.91 Å². The third-order valence-electron chi connectivity index (χ3n) is 4.45. The average Bonchev–Trinajstić information content (AvgIpc) is 3.02.